The third-order valence-electron chi connectivity index (χ3n) is 3.93. The zero-order valence-corrected chi connectivity index (χ0v) is 11.7. The van der Waals surface area contributed by atoms with Crippen LogP contribution in [-0.4, -0.2) is 40.6 Å². The van der Waals surface area contributed by atoms with Crippen LogP contribution in [0, 0.1) is 5.92 Å². The van der Waals surface area contributed by atoms with Gasteiger partial charge in [0.2, 0.25) is 0 Å². The van der Waals surface area contributed by atoms with Gasteiger partial charge in [-0.15, -0.1) is 0 Å². The fourth-order valence-corrected chi connectivity index (χ4v) is 2.23. The monoisotopic (exact) mass is 256 g/mol. The van der Waals surface area contributed by atoms with Crippen molar-refractivity contribution in [1.29, 1.82) is 0 Å². The molecule has 18 heavy (non-hydrogen) atoms. The number of nitrogens with zero attached hydrogens (tertiary/aromatic N) is 1. The van der Waals surface area contributed by atoms with E-state index in [1.165, 1.54) is 32.2 Å². The molecule has 2 N–H and O–H groups in total. The lowest BCUT2D eigenvalue weighted by molar-refractivity contribution is -0.146. The molecule has 1 fully saturated rings. The summed E-state index contributed by atoms with van der Waals surface area (Å²) in [6, 6.07) is -0.130. The highest BCUT2D eigenvalue weighted by molar-refractivity contribution is 5.85. The molecule has 5 heteroatoms. The number of amides is 2. The van der Waals surface area contributed by atoms with Gasteiger partial charge >= 0.3 is 12.0 Å². The minimum absolute atomic E-state index is 0.174. The molecule has 0 radical (unpaired) electrons. The molecule has 0 aromatic heterocycles. The predicted octanol–water partition coefficient (Wildman–Crippen LogP) is 2.07. The van der Waals surface area contributed by atoms with E-state index in [0.29, 0.717) is 5.92 Å². The Hall–Kier alpha value is -1.26. The highest BCUT2D eigenvalue weighted by Gasteiger charge is 2.36. The summed E-state index contributed by atoms with van der Waals surface area (Å²) >= 11 is 0. The van der Waals surface area contributed by atoms with Gasteiger partial charge in [-0.2, -0.15) is 0 Å². The summed E-state index contributed by atoms with van der Waals surface area (Å²) in [4.78, 5) is 24.4. The van der Waals surface area contributed by atoms with Crippen LogP contribution < -0.4 is 5.32 Å². The molecule has 2 amide bonds. The van der Waals surface area contributed by atoms with E-state index in [-0.39, 0.29) is 12.1 Å². The van der Waals surface area contributed by atoms with E-state index in [1.54, 1.807) is 0 Å². The molecule has 0 heterocycles. The summed E-state index contributed by atoms with van der Waals surface area (Å²) in [6.45, 7) is 5.24. The van der Waals surface area contributed by atoms with Gasteiger partial charge in [0, 0.05) is 13.1 Å². The largest absolute Gasteiger partial charge is 0.480 e. The molecule has 1 rings (SSSR count). The smallest absolute Gasteiger partial charge is 0.329 e. The molecule has 104 valence electrons. The van der Waals surface area contributed by atoms with Gasteiger partial charge < -0.3 is 15.3 Å². The van der Waals surface area contributed by atoms with Crippen molar-refractivity contribution in [1.82, 2.24) is 10.2 Å². The molecule has 0 bridgehead atoms. The summed E-state index contributed by atoms with van der Waals surface area (Å²) in [6.07, 6.45) is 4.30. The summed E-state index contributed by atoms with van der Waals surface area (Å²) in [5.74, 6) is -0.376. The zero-order chi connectivity index (χ0) is 13.9. The number of aliphatic carboxylic acids is 1. The molecule has 0 aliphatic heterocycles. The van der Waals surface area contributed by atoms with Gasteiger partial charge in [-0.3, -0.25) is 0 Å². The average molecular weight is 256 g/mol. The molecule has 0 spiro atoms. The third kappa shape index (κ3) is 3.37. The predicted molar refractivity (Wildman–Crippen MR) is 69.4 cm³/mol. The highest BCUT2D eigenvalue weighted by Crippen LogP contribution is 2.24. The zero-order valence-electron chi connectivity index (χ0n) is 11.7. The lowest BCUT2D eigenvalue weighted by Gasteiger charge is -2.34. The first kappa shape index (κ1) is 14.8. The molecule has 5 nitrogen and oxygen atoms in total. The van der Waals surface area contributed by atoms with Crippen LogP contribution in [0.1, 0.15) is 46.5 Å². The van der Waals surface area contributed by atoms with E-state index in [4.69, 9.17) is 5.11 Å². The van der Waals surface area contributed by atoms with Gasteiger partial charge in [0.15, 0.2) is 0 Å². The van der Waals surface area contributed by atoms with Gasteiger partial charge in [0.05, 0.1) is 0 Å². The van der Waals surface area contributed by atoms with Crippen LogP contribution in [0.4, 0.5) is 4.79 Å². The lowest BCUT2D eigenvalue weighted by Crippen LogP contribution is -2.56. The minimum atomic E-state index is -1.19. The Kier molecular flexibility index (Phi) is 4.59. The number of urea groups is 1. The Morgan fingerprint density at radius 2 is 1.94 bits per heavy atom. The number of nitrogens with one attached hydrogen (secondary N) is 1. The van der Waals surface area contributed by atoms with Crippen LogP contribution in [0.25, 0.3) is 0 Å². The SMILES string of the molecule is CC1CCCC(NC(=O)N(C)C(C)(C)C(=O)O)C1. The van der Waals surface area contributed by atoms with E-state index in [2.05, 4.69) is 12.2 Å². The summed E-state index contributed by atoms with van der Waals surface area (Å²) < 4.78 is 0. The van der Waals surface area contributed by atoms with Gasteiger partial charge in [0.25, 0.3) is 0 Å². The molecule has 1 saturated carbocycles. The van der Waals surface area contributed by atoms with Gasteiger partial charge in [-0.1, -0.05) is 19.8 Å². The maximum Gasteiger partial charge on any atom is 0.329 e. The number of carbonyl (C=O) groups excluding carboxylic acids is 1. The number of rotatable bonds is 3. The van der Waals surface area contributed by atoms with Gasteiger partial charge in [-0.25, -0.2) is 9.59 Å². The van der Waals surface area contributed by atoms with Crippen molar-refractivity contribution in [2.24, 2.45) is 5.92 Å². The molecule has 0 aromatic carbocycles. The normalized spacial score (nSPS) is 24.4. The fraction of sp³-hybridized carbons (Fsp3) is 0.846. The lowest BCUT2D eigenvalue weighted by atomic mass is 9.87. The van der Waals surface area contributed by atoms with Crippen LogP contribution in [0.5, 0.6) is 0 Å². The fourth-order valence-electron chi connectivity index (χ4n) is 2.23. The first-order valence-electron chi connectivity index (χ1n) is 6.53. The first-order chi connectivity index (χ1) is 8.25. The highest BCUT2D eigenvalue weighted by atomic mass is 16.4. The van der Waals surface area contributed by atoms with E-state index in [0.717, 1.165) is 19.3 Å². The first-order valence-corrected chi connectivity index (χ1v) is 6.53. The maximum atomic E-state index is 12.0. The van der Waals surface area contributed by atoms with Crippen LogP contribution in [0.3, 0.4) is 0 Å². The van der Waals surface area contributed by atoms with Crippen molar-refractivity contribution in [2.45, 2.75) is 58.0 Å². The molecule has 1 aliphatic rings. The Balaban J connectivity index is 2.57. The number of hydrogen-bond donors (Lipinski definition) is 2. The number of carbonyl (C=O) groups is 2. The van der Waals surface area contributed by atoms with Crippen LogP contribution >= 0.6 is 0 Å². The van der Waals surface area contributed by atoms with Crippen molar-refractivity contribution in [2.75, 3.05) is 7.05 Å². The number of likely N-dealkylation sites (N-methyl/N-ethyl adjacent to an activating group) is 1. The van der Waals surface area contributed by atoms with E-state index >= 15 is 0 Å². The van der Waals surface area contributed by atoms with Gasteiger partial charge in [-0.05, 0) is 32.6 Å². The second-order valence-electron chi connectivity index (χ2n) is 5.84. The summed E-state index contributed by atoms with van der Waals surface area (Å²) in [7, 11) is 1.52. The van der Waals surface area contributed by atoms with Crippen molar-refractivity contribution in [3.05, 3.63) is 0 Å². The molecule has 1 aliphatic carbocycles. The summed E-state index contributed by atoms with van der Waals surface area (Å²) in [5, 5.41) is 12.0. The molecular formula is C13H24N2O3. The minimum Gasteiger partial charge on any atom is -0.480 e. The number of carboxylic acid groups (broad SMARTS) is 1. The van der Waals surface area contributed by atoms with Crippen molar-refractivity contribution in [3.63, 3.8) is 0 Å². The van der Waals surface area contributed by atoms with E-state index in [9.17, 15) is 9.59 Å². The molecular weight excluding hydrogens is 232 g/mol. The topological polar surface area (TPSA) is 69.6 Å². The van der Waals surface area contributed by atoms with Crippen molar-refractivity contribution < 1.29 is 14.7 Å². The van der Waals surface area contributed by atoms with E-state index in [1.807, 2.05) is 0 Å². The molecule has 2 unspecified atom stereocenters. The van der Waals surface area contributed by atoms with Crippen molar-refractivity contribution >= 4 is 12.0 Å². The summed E-state index contributed by atoms with van der Waals surface area (Å²) in [5.41, 5.74) is -1.19. The van der Waals surface area contributed by atoms with Crippen LogP contribution in [0.15, 0.2) is 0 Å². The van der Waals surface area contributed by atoms with Crippen LogP contribution in [-0.2, 0) is 4.79 Å². The second-order valence-corrected chi connectivity index (χ2v) is 5.84. The van der Waals surface area contributed by atoms with E-state index < -0.39 is 11.5 Å². The third-order valence-corrected chi connectivity index (χ3v) is 3.93. The second kappa shape index (κ2) is 5.59. The molecule has 0 saturated heterocycles. The van der Waals surface area contributed by atoms with Crippen molar-refractivity contribution in [3.8, 4) is 0 Å². The Labute approximate surface area is 109 Å². The Bertz CT molecular complexity index is 328. The Morgan fingerprint density at radius 3 is 2.44 bits per heavy atom. The number of hydrogen-bond acceptors (Lipinski definition) is 2. The standard InChI is InChI=1S/C13H24N2O3/c1-9-6-5-7-10(8-9)14-12(18)15(4)13(2,3)11(16)17/h9-10H,5-8H2,1-4H3,(H,14,18)(H,16,17). The van der Waals surface area contributed by atoms with Gasteiger partial charge in [0.1, 0.15) is 5.54 Å². The quantitative estimate of drug-likeness (QED) is 0.812. The van der Waals surface area contributed by atoms with Crippen LogP contribution in [0.2, 0.25) is 0 Å². The Morgan fingerprint density at radius 1 is 1.33 bits per heavy atom. The maximum absolute atomic E-state index is 12.0. The molecule has 2 atom stereocenters. The average Bonchev–Trinajstić information content (AvgIpc) is 2.27. The molecule has 0 aromatic rings. The number of carboxylic acids is 1.